The number of phenols is 1. The van der Waals surface area contributed by atoms with Crippen LogP contribution >= 0.6 is 47.8 Å². The van der Waals surface area contributed by atoms with Crippen LogP contribution in [-0.4, -0.2) is 21.8 Å². The molecule has 5 nitrogen and oxygen atoms in total. The van der Waals surface area contributed by atoms with E-state index in [0.29, 0.717) is 8.95 Å². The van der Waals surface area contributed by atoms with Gasteiger partial charge in [-0.25, -0.2) is 5.43 Å². The van der Waals surface area contributed by atoms with E-state index in [1.54, 1.807) is 12.3 Å². The summed E-state index contributed by atoms with van der Waals surface area (Å²) >= 11 is 9.96. The van der Waals surface area contributed by atoms with Crippen molar-refractivity contribution >= 4 is 59.9 Å². The Labute approximate surface area is 187 Å². The van der Waals surface area contributed by atoms with Crippen LogP contribution in [0.3, 0.4) is 0 Å². The normalized spacial score (nSPS) is 11.2. The average Bonchev–Trinajstić information content (AvgIpc) is 2.92. The van der Waals surface area contributed by atoms with Gasteiger partial charge in [0, 0.05) is 31.6 Å². The van der Waals surface area contributed by atoms with Crippen LogP contribution in [0.25, 0.3) is 5.69 Å². The summed E-state index contributed by atoms with van der Waals surface area (Å²) < 4.78 is 4.23. The number of nitrogens with zero attached hydrogens (tertiary/aromatic N) is 2. The van der Waals surface area contributed by atoms with Gasteiger partial charge in [0.2, 0.25) is 0 Å². The molecule has 0 aliphatic carbocycles. The van der Waals surface area contributed by atoms with E-state index in [1.165, 1.54) is 6.07 Å². The molecular weight excluding hydrogens is 554 g/mol. The summed E-state index contributed by atoms with van der Waals surface area (Å²) in [5.41, 5.74) is 6.58. The first-order valence-corrected chi connectivity index (χ1v) is 10.6. The van der Waals surface area contributed by atoms with E-state index in [4.69, 9.17) is 0 Å². The van der Waals surface area contributed by atoms with Gasteiger partial charge in [0.25, 0.3) is 5.91 Å². The first kappa shape index (κ1) is 20.8. The first-order chi connectivity index (χ1) is 13.3. The fraction of sp³-hybridized carbons (Fsp3) is 0.100. The lowest BCUT2D eigenvalue weighted by Crippen LogP contribution is -2.18. The first-order valence-electron chi connectivity index (χ1n) is 8.24. The summed E-state index contributed by atoms with van der Waals surface area (Å²) in [6.45, 7) is 4.01. The van der Waals surface area contributed by atoms with Crippen molar-refractivity contribution in [3.05, 3.63) is 78.4 Å². The number of rotatable bonds is 4. The number of amides is 1. The summed E-state index contributed by atoms with van der Waals surface area (Å²) in [5.74, 6) is -0.637. The van der Waals surface area contributed by atoms with Gasteiger partial charge in [-0.05, 0) is 72.2 Å². The summed E-state index contributed by atoms with van der Waals surface area (Å²) in [4.78, 5) is 12.3. The Morgan fingerprint density at radius 2 is 1.75 bits per heavy atom. The van der Waals surface area contributed by atoms with Crippen molar-refractivity contribution in [1.29, 1.82) is 0 Å². The molecule has 0 bridgehead atoms. The molecular formula is C20H16Br3N3O2. The summed E-state index contributed by atoms with van der Waals surface area (Å²) in [5, 5.41) is 14.1. The number of hydrogen-bond donors (Lipinski definition) is 2. The lowest BCUT2D eigenvalue weighted by molar-refractivity contribution is 0.0952. The highest BCUT2D eigenvalue weighted by atomic mass is 79.9. The third-order valence-corrected chi connectivity index (χ3v) is 5.79. The third kappa shape index (κ3) is 4.39. The molecule has 2 N–H and O–H groups in total. The molecule has 0 saturated heterocycles. The van der Waals surface area contributed by atoms with E-state index in [9.17, 15) is 9.90 Å². The monoisotopic (exact) mass is 567 g/mol. The Morgan fingerprint density at radius 1 is 1.07 bits per heavy atom. The largest absolute Gasteiger partial charge is 0.506 e. The predicted octanol–water partition coefficient (Wildman–Crippen LogP) is 5.85. The molecule has 1 heterocycles. The Hall–Kier alpha value is -1.90. The summed E-state index contributed by atoms with van der Waals surface area (Å²) in [6.07, 6.45) is 1.60. The van der Waals surface area contributed by atoms with Gasteiger partial charge in [-0.3, -0.25) is 4.79 Å². The molecule has 0 aliphatic rings. The van der Waals surface area contributed by atoms with Crippen LogP contribution < -0.4 is 5.43 Å². The van der Waals surface area contributed by atoms with Crippen LogP contribution in [0.4, 0.5) is 0 Å². The number of nitrogens with one attached hydrogen (secondary N) is 1. The van der Waals surface area contributed by atoms with Gasteiger partial charge in [0.05, 0.1) is 16.3 Å². The second-order valence-corrected chi connectivity index (χ2v) is 8.81. The van der Waals surface area contributed by atoms with Gasteiger partial charge in [-0.15, -0.1) is 0 Å². The number of halogens is 3. The molecule has 144 valence electrons. The van der Waals surface area contributed by atoms with E-state index < -0.39 is 5.91 Å². The molecule has 0 spiro atoms. The van der Waals surface area contributed by atoms with Crippen LogP contribution in [0.2, 0.25) is 0 Å². The van der Waals surface area contributed by atoms with Crippen molar-refractivity contribution in [3.8, 4) is 11.4 Å². The van der Waals surface area contributed by atoms with Gasteiger partial charge >= 0.3 is 0 Å². The van der Waals surface area contributed by atoms with Gasteiger partial charge in [0.15, 0.2) is 0 Å². The van der Waals surface area contributed by atoms with Gasteiger partial charge < -0.3 is 9.67 Å². The zero-order chi connectivity index (χ0) is 20.4. The molecule has 0 fully saturated rings. The number of benzene rings is 2. The average molecular weight is 570 g/mol. The maximum absolute atomic E-state index is 12.3. The zero-order valence-electron chi connectivity index (χ0n) is 15.0. The fourth-order valence-electron chi connectivity index (χ4n) is 2.87. The smallest absolute Gasteiger partial charge is 0.275 e. The minimum Gasteiger partial charge on any atom is -0.506 e. The predicted molar refractivity (Wildman–Crippen MR) is 122 cm³/mol. The number of carbonyl (C=O) groups is 1. The third-order valence-electron chi connectivity index (χ3n) is 4.20. The SMILES string of the molecule is Cc1cc(/C=N\NC(=O)c2cc(Br)cc(Br)c2O)c(C)n1-c1ccc(Br)cc1. The van der Waals surface area contributed by atoms with E-state index in [0.717, 1.165) is 27.1 Å². The minimum atomic E-state index is -0.502. The number of aromatic nitrogens is 1. The summed E-state index contributed by atoms with van der Waals surface area (Å²) in [7, 11) is 0. The number of hydrazone groups is 1. The number of phenolic OH excluding ortho intramolecular Hbond substituents is 1. The molecule has 0 saturated carbocycles. The number of aromatic hydroxyl groups is 1. The second kappa shape index (κ2) is 8.63. The van der Waals surface area contributed by atoms with Crippen molar-refractivity contribution < 1.29 is 9.90 Å². The van der Waals surface area contributed by atoms with Crippen LogP contribution in [0.15, 0.2) is 61.0 Å². The topological polar surface area (TPSA) is 66.6 Å². The van der Waals surface area contributed by atoms with Crippen molar-refractivity contribution in [1.82, 2.24) is 9.99 Å². The Balaban J connectivity index is 1.81. The van der Waals surface area contributed by atoms with Crippen LogP contribution in [0, 0.1) is 13.8 Å². The molecule has 8 heteroatoms. The minimum absolute atomic E-state index is 0.124. The molecule has 1 amide bonds. The Bertz CT molecular complexity index is 1070. The number of aryl methyl sites for hydroxylation is 1. The van der Waals surface area contributed by atoms with Gasteiger partial charge in [-0.2, -0.15) is 5.10 Å². The van der Waals surface area contributed by atoms with E-state index in [1.807, 2.05) is 44.2 Å². The van der Waals surface area contributed by atoms with Gasteiger partial charge in [-0.1, -0.05) is 31.9 Å². The molecule has 28 heavy (non-hydrogen) atoms. The van der Waals surface area contributed by atoms with Gasteiger partial charge in [0.1, 0.15) is 5.75 Å². The lowest BCUT2D eigenvalue weighted by atomic mass is 10.2. The van der Waals surface area contributed by atoms with E-state index in [-0.39, 0.29) is 11.3 Å². The molecule has 0 unspecified atom stereocenters. The van der Waals surface area contributed by atoms with Crippen LogP contribution in [0.1, 0.15) is 27.3 Å². The standard InChI is InChI=1S/C20H16Br3N3O2/c1-11-7-13(12(2)26(11)16-5-3-14(21)4-6-16)10-24-25-20(28)17-8-15(22)9-18(23)19(17)27/h3-10,27H,1-2H3,(H,25,28)/b24-10-. The Morgan fingerprint density at radius 3 is 2.43 bits per heavy atom. The molecule has 2 aromatic carbocycles. The highest BCUT2D eigenvalue weighted by Crippen LogP contribution is 2.31. The van der Waals surface area contributed by atoms with Crippen molar-refractivity contribution in [2.24, 2.45) is 5.10 Å². The highest BCUT2D eigenvalue weighted by Gasteiger charge is 2.15. The highest BCUT2D eigenvalue weighted by molar-refractivity contribution is 9.11. The molecule has 0 radical (unpaired) electrons. The van der Waals surface area contributed by atoms with Crippen molar-refractivity contribution in [3.63, 3.8) is 0 Å². The molecule has 0 aliphatic heterocycles. The fourth-order valence-corrected chi connectivity index (χ4v) is 4.36. The molecule has 0 atom stereocenters. The second-order valence-electron chi connectivity index (χ2n) is 6.12. The Kier molecular flexibility index (Phi) is 6.42. The van der Waals surface area contributed by atoms with Crippen molar-refractivity contribution in [2.75, 3.05) is 0 Å². The molecule has 3 rings (SSSR count). The van der Waals surface area contributed by atoms with Crippen LogP contribution in [0.5, 0.6) is 5.75 Å². The zero-order valence-corrected chi connectivity index (χ0v) is 19.8. The molecule has 1 aromatic heterocycles. The quantitative estimate of drug-likeness (QED) is 0.306. The van der Waals surface area contributed by atoms with E-state index >= 15 is 0 Å². The summed E-state index contributed by atoms with van der Waals surface area (Å²) in [6, 6.07) is 13.2. The molecule has 3 aromatic rings. The lowest BCUT2D eigenvalue weighted by Gasteiger charge is -2.09. The van der Waals surface area contributed by atoms with Crippen LogP contribution in [-0.2, 0) is 0 Å². The van der Waals surface area contributed by atoms with E-state index in [2.05, 4.69) is 62.9 Å². The maximum atomic E-state index is 12.3. The maximum Gasteiger partial charge on any atom is 0.275 e. The number of carbonyl (C=O) groups excluding carboxylic acids is 1. The number of hydrogen-bond acceptors (Lipinski definition) is 3. The van der Waals surface area contributed by atoms with Crippen molar-refractivity contribution in [2.45, 2.75) is 13.8 Å².